The van der Waals surface area contributed by atoms with Crippen molar-refractivity contribution in [1.29, 1.82) is 0 Å². The van der Waals surface area contributed by atoms with Crippen molar-refractivity contribution in [3.8, 4) is 11.5 Å². The third-order valence-electron chi connectivity index (χ3n) is 3.11. The fourth-order valence-corrected chi connectivity index (χ4v) is 2.10. The summed E-state index contributed by atoms with van der Waals surface area (Å²) in [5.41, 5.74) is 0.879. The van der Waals surface area contributed by atoms with E-state index in [1.807, 2.05) is 19.1 Å². The molecule has 0 spiro atoms. The van der Waals surface area contributed by atoms with E-state index in [1.165, 1.54) is 0 Å². The number of carbonyl (C=O) groups excluding carboxylic acids is 1. The van der Waals surface area contributed by atoms with Gasteiger partial charge in [0, 0.05) is 12.0 Å². The van der Waals surface area contributed by atoms with E-state index in [0.29, 0.717) is 18.8 Å². The molecule has 0 heterocycles. The Morgan fingerprint density at radius 1 is 1.39 bits per heavy atom. The van der Waals surface area contributed by atoms with Gasteiger partial charge in [-0.15, -0.1) is 0 Å². The average Bonchev–Trinajstić information content (AvgIpc) is 2.34. The molecule has 1 aromatic carbocycles. The van der Waals surface area contributed by atoms with Crippen LogP contribution in [-0.4, -0.2) is 17.5 Å². The average molecular weight is 250 g/mol. The lowest BCUT2D eigenvalue weighted by atomic mass is 9.90. The Kier molecular flexibility index (Phi) is 5.69. The lowest BCUT2D eigenvalue weighted by Gasteiger charge is -2.18. The van der Waals surface area contributed by atoms with Crippen molar-refractivity contribution in [2.45, 2.75) is 46.0 Å². The molecule has 0 aromatic heterocycles. The van der Waals surface area contributed by atoms with Crippen molar-refractivity contribution < 1.29 is 14.6 Å². The van der Waals surface area contributed by atoms with E-state index in [1.54, 1.807) is 13.0 Å². The zero-order valence-electron chi connectivity index (χ0n) is 11.4. The Labute approximate surface area is 109 Å². The highest BCUT2D eigenvalue weighted by molar-refractivity contribution is 5.75. The Bertz CT molecular complexity index is 399. The molecule has 0 bridgehead atoms. The van der Waals surface area contributed by atoms with E-state index >= 15 is 0 Å². The number of phenols is 1. The first-order valence-electron chi connectivity index (χ1n) is 6.54. The fraction of sp³-hybridized carbons (Fsp3) is 0.533. The number of hydrogen-bond donors (Lipinski definition) is 1. The first-order chi connectivity index (χ1) is 8.60. The second-order valence-electron chi connectivity index (χ2n) is 4.47. The second-order valence-corrected chi connectivity index (χ2v) is 4.47. The summed E-state index contributed by atoms with van der Waals surface area (Å²) in [6.45, 7) is 6.08. The van der Waals surface area contributed by atoms with Crippen LogP contribution < -0.4 is 4.74 Å². The van der Waals surface area contributed by atoms with Crippen molar-refractivity contribution in [2.75, 3.05) is 6.61 Å². The molecule has 0 saturated heterocycles. The molecule has 0 fully saturated rings. The third kappa shape index (κ3) is 3.76. The van der Waals surface area contributed by atoms with Gasteiger partial charge in [-0.05, 0) is 38.7 Å². The van der Waals surface area contributed by atoms with Crippen LogP contribution in [0.4, 0.5) is 0 Å². The van der Waals surface area contributed by atoms with Gasteiger partial charge in [0.15, 0.2) is 11.5 Å². The van der Waals surface area contributed by atoms with Gasteiger partial charge >= 0.3 is 0 Å². The quantitative estimate of drug-likeness (QED) is 0.803. The molecule has 0 aliphatic rings. The largest absolute Gasteiger partial charge is 0.504 e. The number of carbonyl (C=O) groups is 1. The molecule has 1 rings (SSSR count). The molecule has 0 saturated carbocycles. The smallest absolute Gasteiger partial charge is 0.161 e. The Balaban J connectivity index is 2.91. The van der Waals surface area contributed by atoms with Crippen molar-refractivity contribution in [1.82, 2.24) is 0 Å². The van der Waals surface area contributed by atoms with Crippen molar-refractivity contribution in [3.63, 3.8) is 0 Å². The number of ether oxygens (including phenoxy) is 1. The van der Waals surface area contributed by atoms with Crippen LogP contribution in [0.5, 0.6) is 11.5 Å². The van der Waals surface area contributed by atoms with Crippen LogP contribution in [0.2, 0.25) is 0 Å². The van der Waals surface area contributed by atoms with Gasteiger partial charge in [0.05, 0.1) is 6.61 Å². The first kappa shape index (κ1) is 14.6. The van der Waals surface area contributed by atoms with Gasteiger partial charge < -0.3 is 14.6 Å². The van der Waals surface area contributed by atoms with E-state index in [9.17, 15) is 9.90 Å². The molecule has 0 aliphatic carbocycles. The molecule has 3 heteroatoms. The number of Topliss-reactive ketones (excluding diaryl/α,β-unsaturated/α-hetero) is 1. The van der Waals surface area contributed by atoms with E-state index in [4.69, 9.17) is 4.74 Å². The molecule has 1 N–H and O–H groups in total. The summed E-state index contributed by atoms with van der Waals surface area (Å²) in [6, 6.07) is 5.56. The van der Waals surface area contributed by atoms with Crippen LogP contribution in [0, 0.1) is 0 Å². The van der Waals surface area contributed by atoms with Gasteiger partial charge in [-0.1, -0.05) is 19.1 Å². The summed E-state index contributed by atoms with van der Waals surface area (Å²) in [6.07, 6.45) is 2.22. The molecule has 0 amide bonds. The molecule has 0 aliphatic heterocycles. The summed E-state index contributed by atoms with van der Waals surface area (Å²) in [4.78, 5) is 11.1. The lowest BCUT2D eigenvalue weighted by Crippen LogP contribution is -2.02. The summed E-state index contributed by atoms with van der Waals surface area (Å²) < 4.78 is 5.38. The molecule has 0 radical (unpaired) electrons. The SMILES string of the molecule is CCOc1cccc(C(CC)CCC(C)=O)c1O. The van der Waals surface area contributed by atoms with E-state index in [0.717, 1.165) is 18.4 Å². The molecular formula is C15H22O3. The first-order valence-corrected chi connectivity index (χ1v) is 6.54. The number of aromatic hydroxyl groups is 1. The van der Waals surface area contributed by atoms with Crippen molar-refractivity contribution >= 4 is 5.78 Å². The van der Waals surface area contributed by atoms with Crippen LogP contribution in [0.1, 0.15) is 51.5 Å². The van der Waals surface area contributed by atoms with Gasteiger partial charge in [-0.3, -0.25) is 0 Å². The molecule has 3 nitrogen and oxygen atoms in total. The molecule has 18 heavy (non-hydrogen) atoms. The summed E-state index contributed by atoms with van der Waals surface area (Å²) in [5.74, 6) is 1.13. The Morgan fingerprint density at radius 3 is 2.67 bits per heavy atom. The van der Waals surface area contributed by atoms with Crippen LogP contribution in [0.25, 0.3) is 0 Å². The maximum Gasteiger partial charge on any atom is 0.161 e. The van der Waals surface area contributed by atoms with Crippen LogP contribution >= 0.6 is 0 Å². The van der Waals surface area contributed by atoms with Gasteiger partial charge in [-0.2, -0.15) is 0 Å². The zero-order valence-corrected chi connectivity index (χ0v) is 11.4. The van der Waals surface area contributed by atoms with Gasteiger partial charge in [-0.25, -0.2) is 0 Å². The number of ketones is 1. The molecule has 100 valence electrons. The lowest BCUT2D eigenvalue weighted by molar-refractivity contribution is -0.117. The van der Waals surface area contributed by atoms with Gasteiger partial charge in [0.25, 0.3) is 0 Å². The van der Waals surface area contributed by atoms with E-state index in [-0.39, 0.29) is 17.5 Å². The predicted octanol–water partition coefficient (Wildman–Crippen LogP) is 3.65. The summed E-state index contributed by atoms with van der Waals surface area (Å²) in [7, 11) is 0. The minimum absolute atomic E-state index is 0.189. The maximum atomic E-state index is 11.1. The van der Waals surface area contributed by atoms with Gasteiger partial charge in [0.2, 0.25) is 0 Å². The van der Waals surface area contributed by atoms with E-state index < -0.39 is 0 Å². The molecule has 1 unspecified atom stereocenters. The fourth-order valence-electron chi connectivity index (χ4n) is 2.10. The van der Waals surface area contributed by atoms with Crippen molar-refractivity contribution in [2.24, 2.45) is 0 Å². The minimum atomic E-state index is 0.189. The highest BCUT2D eigenvalue weighted by Gasteiger charge is 2.17. The minimum Gasteiger partial charge on any atom is -0.504 e. The normalized spacial score (nSPS) is 12.2. The molecule has 1 atom stereocenters. The highest BCUT2D eigenvalue weighted by Crippen LogP contribution is 2.37. The number of rotatable bonds is 7. The number of hydrogen-bond acceptors (Lipinski definition) is 3. The second kappa shape index (κ2) is 7.04. The monoisotopic (exact) mass is 250 g/mol. The van der Waals surface area contributed by atoms with Crippen molar-refractivity contribution in [3.05, 3.63) is 23.8 Å². The Morgan fingerprint density at radius 2 is 2.11 bits per heavy atom. The van der Waals surface area contributed by atoms with E-state index in [2.05, 4.69) is 6.92 Å². The number of benzene rings is 1. The molecular weight excluding hydrogens is 228 g/mol. The van der Waals surface area contributed by atoms with Crippen LogP contribution in [0.15, 0.2) is 18.2 Å². The standard InChI is InChI=1S/C15H22O3/c1-4-12(10-9-11(3)16)13-7-6-8-14(15(13)17)18-5-2/h6-8,12,17H,4-5,9-10H2,1-3H3. The van der Waals surface area contributed by atoms with Crippen LogP contribution in [0.3, 0.4) is 0 Å². The zero-order chi connectivity index (χ0) is 13.5. The Hall–Kier alpha value is -1.51. The molecule has 1 aromatic rings. The highest BCUT2D eigenvalue weighted by atomic mass is 16.5. The number of phenolic OH excluding ortho intramolecular Hbond substituents is 1. The number of para-hydroxylation sites is 1. The summed E-state index contributed by atoms with van der Waals surface area (Å²) >= 11 is 0. The van der Waals surface area contributed by atoms with Crippen LogP contribution in [-0.2, 0) is 4.79 Å². The predicted molar refractivity (Wildman–Crippen MR) is 72.2 cm³/mol. The summed E-state index contributed by atoms with van der Waals surface area (Å²) in [5, 5.41) is 10.2. The topological polar surface area (TPSA) is 46.5 Å². The van der Waals surface area contributed by atoms with Gasteiger partial charge in [0.1, 0.15) is 5.78 Å². The third-order valence-corrected chi connectivity index (χ3v) is 3.11. The maximum absolute atomic E-state index is 11.1.